The van der Waals surface area contributed by atoms with Crippen molar-refractivity contribution >= 4 is 69.6 Å². The molecule has 1 spiro atoms. The highest BCUT2D eigenvalue weighted by Gasteiger charge is 2.53. The van der Waals surface area contributed by atoms with Crippen molar-refractivity contribution in [3.05, 3.63) is 210 Å². The second-order valence-corrected chi connectivity index (χ2v) is 26.2. The summed E-state index contributed by atoms with van der Waals surface area (Å²) >= 11 is 0. The van der Waals surface area contributed by atoms with Gasteiger partial charge in [-0.2, -0.15) is 0 Å². The number of fused-ring (bicyclic) bond motifs is 7. The van der Waals surface area contributed by atoms with Crippen molar-refractivity contribution in [2.24, 2.45) is 0 Å². The van der Waals surface area contributed by atoms with Crippen LogP contribution in [0.1, 0.15) is 164 Å². The molecule has 17 heteroatoms. The van der Waals surface area contributed by atoms with E-state index in [0.717, 1.165) is 49.9 Å². The molecule has 1 atom stereocenters. The smallest absolute Gasteiger partial charge is 0.340 e. The van der Waals surface area contributed by atoms with Crippen LogP contribution in [0.5, 0.6) is 28.7 Å². The van der Waals surface area contributed by atoms with Gasteiger partial charge in [0.05, 0.1) is 5.56 Å². The minimum absolute atomic E-state index is 0.0285. The van der Waals surface area contributed by atoms with Crippen molar-refractivity contribution in [1.82, 2.24) is 0 Å². The Balaban J connectivity index is 0.859. The average molecular weight is 1240 g/mol. The summed E-state index contributed by atoms with van der Waals surface area (Å²) in [7, 11) is 0. The van der Waals surface area contributed by atoms with Crippen LogP contribution in [0.15, 0.2) is 131 Å². The van der Waals surface area contributed by atoms with Crippen molar-refractivity contribution in [2.75, 3.05) is 16.0 Å². The Labute approximate surface area is 534 Å². The number of hydrogen-bond donors (Lipinski definition) is 3. The average Bonchev–Trinajstić information content (AvgIpc) is 1.47. The van der Waals surface area contributed by atoms with E-state index in [1.807, 2.05) is 119 Å². The molecule has 0 radical (unpaired) electrons. The van der Waals surface area contributed by atoms with E-state index in [2.05, 4.69) is 16.0 Å². The topological polar surface area (TPSA) is 232 Å². The van der Waals surface area contributed by atoms with Gasteiger partial charge in [-0.25, -0.2) is 9.59 Å². The highest BCUT2D eigenvalue weighted by molar-refractivity contribution is 5.98. The molecule has 2 aliphatic heterocycles. The molecule has 1 unspecified atom stereocenters. The maximum Gasteiger partial charge on any atom is 0.340 e. The number of carbonyl (C=O) groups is 7. The Morgan fingerprint density at radius 2 is 0.891 bits per heavy atom. The molecule has 10 rings (SSSR count). The van der Waals surface area contributed by atoms with Crippen LogP contribution in [0.4, 0.5) is 17.1 Å². The lowest BCUT2D eigenvalue weighted by Crippen LogP contribution is -2.33. The third kappa shape index (κ3) is 13.3. The van der Waals surface area contributed by atoms with Gasteiger partial charge in [0.25, 0.3) is 0 Å². The number of benzene rings is 7. The number of esters is 4. The van der Waals surface area contributed by atoms with Crippen LogP contribution in [0, 0.1) is 34.6 Å². The Morgan fingerprint density at radius 3 is 1.36 bits per heavy atom. The number of ether oxygens (including phenoxy) is 5. The molecular weight excluding hydrogens is 1170 g/mol. The number of hydrogen-bond acceptors (Lipinski definition) is 14. The summed E-state index contributed by atoms with van der Waals surface area (Å²) in [6.45, 7) is 24.9. The summed E-state index contributed by atoms with van der Waals surface area (Å²) < 4.78 is 35.9. The van der Waals surface area contributed by atoms with E-state index in [4.69, 9.17) is 28.1 Å². The maximum absolute atomic E-state index is 14.4. The molecule has 0 fully saturated rings. The molecule has 3 heterocycles. The summed E-state index contributed by atoms with van der Waals surface area (Å²) in [6.07, 6.45) is 1.00. The molecule has 1 aromatic heterocycles. The van der Waals surface area contributed by atoms with Crippen LogP contribution in [0.25, 0.3) is 11.0 Å². The zero-order valence-electron chi connectivity index (χ0n) is 54.3. The molecule has 92 heavy (non-hydrogen) atoms. The highest BCUT2D eigenvalue weighted by Crippen LogP contribution is 2.57. The largest absolute Gasteiger partial charge is 0.456 e. The quantitative estimate of drug-likeness (QED) is 0.0412. The normalized spacial score (nSPS) is 14.1. The second-order valence-electron chi connectivity index (χ2n) is 26.2. The molecule has 2 aliphatic rings. The molecular formula is C75H75N3O14. The summed E-state index contributed by atoms with van der Waals surface area (Å²) in [5.41, 5.74) is 7.23. The Kier molecular flexibility index (Phi) is 17.5. The van der Waals surface area contributed by atoms with E-state index in [9.17, 15) is 38.4 Å². The van der Waals surface area contributed by atoms with Gasteiger partial charge >= 0.3 is 29.5 Å². The molecule has 0 aliphatic carbocycles. The van der Waals surface area contributed by atoms with Crippen LogP contribution in [0.2, 0.25) is 0 Å². The summed E-state index contributed by atoms with van der Waals surface area (Å²) in [6, 6.07) is 35.5. The first-order chi connectivity index (χ1) is 43.3. The Hall–Kier alpha value is -10.2. The van der Waals surface area contributed by atoms with Gasteiger partial charge < -0.3 is 44.1 Å². The van der Waals surface area contributed by atoms with Crippen molar-refractivity contribution in [2.45, 2.75) is 151 Å². The molecule has 8 aromatic rings. The zero-order chi connectivity index (χ0) is 66.5. The Morgan fingerprint density at radius 1 is 0.467 bits per heavy atom. The van der Waals surface area contributed by atoms with Crippen LogP contribution in [-0.2, 0) is 68.2 Å². The van der Waals surface area contributed by atoms with Crippen LogP contribution in [0.3, 0.4) is 0 Å². The first kappa shape index (κ1) is 64.8. The first-order valence-corrected chi connectivity index (χ1v) is 30.5. The van der Waals surface area contributed by atoms with Crippen LogP contribution < -0.4 is 40.5 Å². The Bertz CT molecular complexity index is 4470. The van der Waals surface area contributed by atoms with E-state index in [1.54, 1.807) is 72.8 Å². The number of nitrogens with one attached hydrogen (secondary N) is 3. The van der Waals surface area contributed by atoms with E-state index in [1.165, 1.54) is 26.8 Å². The summed E-state index contributed by atoms with van der Waals surface area (Å²) in [4.78, 5) is 105. The van der Waals surface area contributed by atoms with Crippen molar-refractivity contribution < 1.29 is 61.7 Å². The number of carbonyl (C=O) groups excluding carboxylic acids is 7. The highest BCUT2D eigenvalue weighted by atomic mass is 16.6. The van der Waals surface area contributed by atoms with Gasteiger partial charge in [-0.1, -0.05) is 77.9 Å². The fourth-order valence-electron chi connectivity index (χ4n) is 13.8. The molecule has 7 aromatic carbocycles. The fraction of sp³-hybridized carbons (Fsp3) is 0.307. The van der Waals surface area contributed by atoms with E-state index >= 15 is 0 Å². The summed E-state index contributed by atoms with van der Waals surface area (Å²) in [5, 5.41) is 9.77. The monoisotopic (exact) mass is 1240 g/mol. The van der Waals surface area contributed by atoms with Gasteiger partial charge in [0.2, 0.25) is 17.7 Å². The third-order valence-corrected chi connectivity index (χ3v) is 17.0. The molecule has 3 amide bonds. The fourth-order valence-corrected chi connectivity index (χ4v) is 13.8. The first-order valence-electron chi connectivity index (χ1n) is 30.5. The molecule has 0 saturated carbocycles. The minimum atomic E-state index is -1.45. The second kappa shape index (κ2) is 24.9. The molecule has 17 nitrogen and oxygen atoms in total. The predicted octanol–water partition coefficient (Wildman–Crippen LogP) is 14.4. The van der Waals surface area contributed by atoms with Gasteiger partial charge in [0.1, 0.15) is 34.3 Å². The predicted molar refractivity (Wildman–Crippen MR) is 350 cm³/mol. The molecule has 474 valence electrons. The van der Waals surface area contributed by atoms with Gasteiger partial charge in [0.15, 0.2) is 5.60 Å². The van der Waals surface area contributed by atoms with Gasteiger partial charge in [0, 0.05) is 136 Å². The van der Waals surface area contributed by atoms with Crippen molar-refractivity contribution in [3.8, 4) is 28.7 Å². The molecule has 3 N–H and O–H groups in total. The lowest BCUT2D eigenvalue weighted by atomic mass is 9.77. The lowest BCUT2D eigenvalue weighted by molar-refractivity contribution is -0.133. The number of aryl methyl sites for hydroxylation is 7. The van der Waals surface area contributed by atoms with E-state index in [0.29, 0.717) is 97.6 Å². The van der Waals surface area contributed by atoms with E-state index < -0.39 is 51.3 Å². The minimum Gasteiger partial charge on any atom is -0.456 e. The maximum atomic E-state index is 14.4. The van der Waals surface area contributed by atoms with Gasteiger partial charge in [-0.05, 0) is 147 Å². The number of amides is 3. The third-order valence-electron chi connectivity index (χ3n) is 17.0. The van der Waals surface area contributed by atoms with Crippen LogP contribution >= 0.6 is 0 Å². The molecule has 0 bridgehead atoms. The van der Waals surface area contributed by atoms with Crippen molar-refractivity contribution in [1.29, 1.82) is 0 Å². The van der Waals surface area contributed by atoms with Gasteiger partial charge in [-0.3, -0.25) is 28.8 Å². The SMILES string of the molecule is CC(=O)Oc1cc(C)cc(C)c1C(C)(C)CC(=O)Nc1ccc2c(c1)Oc1cc(NC(=O)CC(C)(C)c3c(C)cc(CCc4cc(C)c(C(C)(C)CC(=O)Nc5ccc6c(C)cc(=O)oc6c5)c(OC(C)=O)c4)cc3OC(C)=O)ccc1C21OC(=O)c2ccccc21. The molecule has 0 saturated heterocycles. The van der Waals surface area contributed by atoms with Gasteiger partial charge in [-0.15, -0.1) is 0 Å². The van der Waals surface area contributed by atoms with Crippen molar-refractivity contribution in [3.63, 3.8) is 0 Å². The van der Waals surface area contributed by atoms with Crippen LogP contribution in [-0.4, -0.2) is 41.6 Å². The zero-order valence-corrected chi connectivity index (χ0v) is 54.3. The number of rotatable bonds is 18. The van der Waals surface area contributed by atoms with E-state index in [-0.39, 0.29) is 37.0 Å². The lowest BCUT2D eigenvalue weighted by Gasteiger charge is -2.37. The number of anilines is 3. The summed E-state index contributed by atoms with van der Waals surface area (Å²) in [5.74, 6) is -1.36. The standard InChI is InChI=1S/C75H75N3O14/c1-40-27-42(3)68(61(28-40)87-45(6)79)72(9,10)37-65(83)77-51-22-25-56-59(35-51)90-60-36-52(23-26-57(60)75(56)55-18-16-15-17-54(55)71(86)92-75)78-66(84)39-74(13,14)70-44(5)30-49(33-63(70)89-47(8)81)20-19-48-29-43(4)69(62(32-48)88-46(7)80)73(11,12)38-64(82)76-50-21-24-53-41(2)31-67(85)91-58(53)34-50/h15-18,21-36H,19-20,37-39H2,1-14H3,(H,76,82)(H,77,83)(H,78,84).